The van der Waals surface area contributed by atoms with Crippen molar-refractivity contribution in [1.82, 2.24) is 14.1 Å². The molecule has 7 nitrogen and oxygen atoms in total. The molecule has 0 aliphatic rings. The van der Waals surface area contributed by atoms with E-state index in [0.717, 1.165) is 50.9 Å². The summed E-state index contributed by atoms with van der Waals surface area (Å²) >= 11 is 0. The third-order valence-electron chi connectivity index (χ3n) is 6.26. The Balaban J connectivity index is 1.72. The van der Waals surface area contributed by atoms with Crippen molar-refractivity contribution >= 4 is 21.7 Å². The quantitative estimate of drug-likeness (QED) is 0.282. The lowest BCUT2D eigenvalue weighted by atomic mass is 10.1. The smallest absolute Gasteiger partial charge is 0.243 e. The number of carbonyl (C=O) groups is 1. The van der Waals surface area contributed by atoms with Gasteiger partial charge in [-0.1, -0.05) is 61.9 Å². The SMILES string of the molecule is CCCCN(CC(=O)Nc1c(-c2ccccc2)c(C)nn1-c1ccccc1C)S(=O)(=O)c1ccc(F)cc1. The number of nitrogens with one attached hydrogen (secondary N) is 1. The molecule has 38 heavy (non-hydrogen) atoms. The van der Waals surface area contributed by atoms with Crippen molar-refractivity contribution in [3.8, 4) is 16.8 Å². The minimum absolute atomic E-state index is 0.0615. The van der Waals surface area contributed by atoms with E-state index in [1.165, 1.54) is 12.1 Å². The van der Waals surface area contributed by atoms with Crippen LogP contribution in [0.1, 0.15) is 31.0 Å². The van der Waals surface area contributed by atoms with Crippen LogP contribution in [-0.2, 0) is 14.8 Å². The lowest BCUT2D eigenvalue weighted by Crippen LogP contribution is -2.39. The first-order chi connectivity index (χ1) is 18.2. The summed E-state index contributed by atoms with van der Waals surface area (Å²) in [4.78, 5) is 13.4. The van der Waals surface area contributed by atoms with Gasteiger partial charge in [-0.3, -0.25) is 4.79 Å². The van der Waals surface area contributed by atoms with Gasteiger partial charge >= 0.3 is 0 Å². The molecule has 0 aliphatic carbocycles. The largest absolute Gasteiger partial charge is 0.309 e. The molecule has 0 radical (unpaired) electrons. The van der Waals surface area contributed by atoms with Gasteiger partial charge in [0.1, 0.15) is 11.6 Å². The molecule has 0 aliphatic heterocycles. The number of aryl methyl sites for hydroxylation is 2. The van der Waals surface area contributed by atoms with Crippen LogP contribution in [0.4, 0.5) is 10.2 Å². The number of para-hydroxylation sites is 1. The molecule has 4 rings (SSSR count). The van der Waals surface area contributed by atoms with E-state index in [1.807, 2.05) is 75.4 Å². The molecule has 0 atom stereocenters. The van der Waals surface area contributed by atoms with Gasteiger partial charge < -0.3 is 5.32 Å². The maximum absolute atomic E-state index is 13.5. The molecule has 4 aromatic rings. The highest BCUT2D eigenvalue weighted by Crippen LogP contribution is 2.34. The Morgan fingerprint density at radius 2 is 1.63 bits per heavy atom. The van der Waals surface area contributed by atoms with Crippen LogP contribution in [0, 0.1) is 19.7 Å². The Hall–Kier alpha value is -3.82. The van der Waals surface area contributed by atoms with Crippen LogP contribution in [0.5, 0.6) is 0 Å². The second kappa shape index (κ2) is 11.7. The van der Waals surface area contributed by atoms with Gasteiger partial charge in [-0.25, -0.2) is 17.5 Å². The van der Waals surface area contributed by atoms with Crippen LogP contribution < -0.4 is 5.32 Å². The molecule has 0 saturated carbocycles. The molecule has 0 fully saturated rings. The van der Waals surface area contributed by atoms with E-state index in [2.05, 4.69) is 5.32 Å². The van der Waals surface area contributed by atoms with E-state index in [-0.39, 0.29) is 11.4 Å². The number of sulfonamides is 1. The number of anilines is 1. The third-order valence-corrected chi connectivity index (χ3v) is 8.12. The average molecular weight is 535 g/mol. The van der Waals surface area contributed by atoms with Crippen molar-refractivity contribution in [2.24, 2.45) is 0 Å². The number of aromatic nitrogens is 2. The lowest BCUT2D eigenvalue weighted by molar-refractivity contribution is -0.116. The molecular formula is C29H31FN4O3S. The molecule has 9 heteroatoms. The number of carbonyl (C=O) groups excluding carboxylic acids is 1. The van der Waals surface area contributed by atoms with E-state index in [1.54, 1.807) is 4.68 Å². The summed E-state index contributed by atoms with van der Waals surface area (Å²) in [6.45, 7) is 5.54. The highest BCUT2D eigenvalue weighted by atomic mass is 32.2. The zero-order valence-electron chi connectivity index (χ0n) is 21.7. The fourth-order valence-corrected chi connectivity index (χ4v) is 5.71. The van der Waals surface area contributed by atoms with Gasteiger partial charge in [-0.05, 0) is 61.7 Å². The van der Waals surface area contributed by atoms with Gasteiger partial charge in [-0.15, -0.1) is 0 Å². The predicted molar refractivity (Wildman–Crippen MR) is 147 cm³/mol. The number of halogens is 1. The van der Waals surface area contributed by atoms with Crippen LogP contribution in [0.3, 0.4) is 0 Å². The molecule has 1 aromatic heterocycles. The first-order valence-electron chi connectivity index (χ1n) is 12.5. The second-order valence-electron chi connectivity index (χ2n) is 9.07. The van der Waals surface area contributed by atoms with Crippen molar-refractivity contribution in [2.45, 2.75) is 38.5 Å². The number of hydrogen-bond acceptors (Lipinski definition) is 4. The average Bonchev–Trinajstić information content (AvgIpc) is 3.22. The van der Waals surface area contributed by atoms with Gasteiger partial charge in [0.2, 0.25) is 15.9 Å². The van der Waals surface area contributed by atoms with E-state index in [4.69, 9.17) is 5.10 Å². The van der Waals surface area contributed by atoms with Gasteiger partial charge in [0.15, 0.2) is 0 Å². The Bertz CT molecular complexity index is 1520. The summed E-state index contributed by atoms with van der Waals surface area (Å²) in [5, 5.41) is 7.70. The first-order valence-corrected chi connectivity index (χ1v) is 13.9. The molecule has 198 valence electrons. The number of nitrogens with zero attached hydrogens (tertiary/aromatic N) is 3. The molecule has 0 unspecified atom stereocenters. The Morgan fingerprint density at radius 1 is 0.974 bits per heavy atom. The topological polar surface area (TPSA) is 84.3 Å². The maximum atomic E-state index is 13.5. The van der Waals surface area contributed by atoms with E-state index in [0.29, 0.717) is 12.2 Å². The van der Waals surface area contributed by atoms with E-state index >= 15 is 0 Å². The molecule has 3 aromatic carbocycles. The van der Waals surface area contributed by atoms with Crippen molar-refractivity contribution in [2.75, 3.05) is 18.4 Å². The highest BCUT2D eigenvalue weighted by Gasteiger charge is 2.28. The van der Waals surface area contributed by atoms with Gasteiger partial charge in [0.25, 0.3) is 0 Å². The normalized spacial score (nSPS) is 11.6. The van der Waals surface area contributed by atoms with E-state index in [9.17, 15) is 17.6 Å². The minimum atomic E-state index is -4.02. The Morgan fingerprint density at radius 3 is 2.29 bits per heavy atom. The number of benzene rings is 3. The monoisotopic (exact) mass is 534 g/mol. The van der Waals surface area contributed by atoms with Crippen molar-refractivity contribution in [3.05, 3.63) is 95.9 Å². The van der Waals surface area contributed by atoms with Crippen molar-refractivity contribution < 1.29 is 17.6 Å². The maximum Gasteiger partial charge on any atom is 0.243 e. The zero-order chi connectivity index (χ0) is 27.3. The van der Waals surface area contributed by atoms with Crippen molar-refractivity contribution in [1.29, 1.82) is 0 Å². The number of unbranched alkanes of at least 4 members (excludes halogenated alkanes) is 1. The first kappa shape index (κ1) is 27.2. The van der Waals surface area contributed by atoms with Gasteiger partial charge in [-0.2, -0.15) is 9.40 Å². The summed E-state index contributed by atoms with van der Waals surface area (Å²) in [6, 6.07) is 21.9. The van der Waals surface area contributed by atoms with Gasteiger partial charge in [0.05, 0.1) is 22.8 Å². The predicted octanol–water partition coefficient (Wildman–Crippen LogP) is 5.72. The van der Waals surface area contributed by atoms with Crippen LogP contribution in [0.25, 0.3) is 16.8 Å². The second-order valence-corrected chi connectivity index (χ2v) is 11.0. The molecule has 1 amide bonds. The minimum Gasteiger partial charge on any atom is -0.309 e. The molecule has 1 heterocycles. The number of hydrogen-bond donors (Lipinski definition) is 1. The summed E-state index contributed by atoms with van der Waals surface area (Å²) in [6.07, 6.45) is 1.32. The number of rotatable bonds is 10. The molecule has 0 saturated heterocycles. The molecule has 0 spiro atoms. The number of amides is 1. The van der Waals surface area contributed by atoms with Crippen LogP contribution >= 0.6 is 0 Å². The van der Waals surface area contributed by atoms with E-state index < -0.39 is 28.3 Å². The summed E-state index contributed by atoms with van der Waals surface area (Å²) < 4.78 is 43.0. The highest BCUT2D eigenvalue weighted by molar-refractivity contribution is 7.89. The fourth-order valence-electron chi connectivity index (χ4n) is 4.27. The standard InChI is InChI=1S/C29H31FN4O3S/c1-4-5-19-33(38(36,37)25-17-15-24(30)16-18-25)20-27(35)31-29-28(23-12-7-6-8-13-23)22(3)32-34(29)26-14-10-9-11-21(26)2/h6-18H,4-5,19-20H2,1-3H3,(H,31,35). The Labute approximate surface area is 223 Å². The van der Waals surface area contributed by atoms with Gasteiger partial charge in [0, 0.05) is 12.1 Å². The third kappa shape index (κ3) is 5.84. The van der Waals surface area contributed by atoms with Crippen molar-refractivity contribution in [3.63, 3.8) is 0 Å². The fraction of sp³-hybridized carbons (Fsp3) is 0.241. The molecular weight excluding hydrogens is 503 g/mol. The lowest BCUT2D eigenvalue weighted by Gasteiger charge is -2.22. The molecule has 0 bridgehead atoms. The molecule has 1 N–H and O–H groups in total. The summed E-state index contributed by atoms with van der Waals surface area (Å²) in [5.74, 6) is -0.573. The zero-order valence-corrected chi connectivity index (χ0v) is 22.5. The summed E-state index contributed by atoms with van der Waals surface area (Å²) in [5.41, 5.74) is 4.12. The summed E-state index contributed by atoms with van der Waals surface area (Å²) in [7, 11) is -4.02. The van der Waals surface area contributed by atoms with Crippen LogP contribution in [0.15, 0.2) is 83.8 Å². The van der Waals surface area contributed by atoms with Crippen LogP contribution in [-0.4, -0.2) is 41.5 Å². The van der Waals surface area contributed by atoms with Crippen LogP contribution in [0.2, 0.25) is 0 Å². The Kier molecular flexibility index (Phi) is 8.38.